The van der Waals surface area contributed by atoms with Crippen LogP contribution in [-0.2, 0) is 6.54 Å². The van der Waals surface area contributed by atoms with Crippen LogP contribution >= 0.6 is 27.5 Å². The van der Waals surface area contributed by atoms with Crippen LogP contribution in [0.2, 0.25) is 5.02 Å². The predicted molar refractivity (Wildman–Crippen MR) is 70.3 cm³/mol. The van der Waals surface area contributed by atoms with Crippen molar-refractivity contribution in [2.24, 2.45) is 0 Å². The molecular formula is C11H11BrClN3O. The van der Waals surface area contributed by atoms with Gasteiger partial charge in [-0.2, -0.15) is 0 Å². The second-order valence-electron chi connectivity index (χ2n) is 3.65. The molecule has 0 saturated carbocycles. The summed E-state index contributed by atoms with van der Waals surface area (Å²) in [5.41, 5.74) is 1.93. The highest BCUT2D eigenvalue weighted by atomic mass is 79.9. The first-order valence-corrected chi connectivity index (χ1v) is 6.22. The normalized spacial score (nSPS) is 10.6. The smallest absolute Gasteiger partial charge is 0.235 e. The van der Waals surface area contributed by atoms with E-state index in [-0.39, 0.29) is 0 Å². The maximum atomic E-state index is 6.06. The number of nitrogens with one attached hydrogen (secondary N) is 1. The van der Waals surface area contributed by atoms with Gasteiger partial charge in [0.2, 0.25) is 11.8 Å². The van der Waals surface area contributed by atoms with Crippen LogP contribution in [0.1, 0.15) is 17.3 Å². The Hall–Kier alpha value is -1.07. The van der Waals surface area contributed by atoms with Crippen molar-refractivity contribution in [3.8, 4) is 0 Å². The lowest BCUT2D eigenvalue weighted by molar-refractivity contribution is 0.475. The van der Waals surface area contributed by atoms with Crippen molar-refractivity contribution in [3.05, 3.63) is 39.0 Å². The Morgan fingerprint density at radius 3 is 2.76 bits per heavy atom. The van der Waals surface area contributed by atoms with Gasteiger partial charge in [0.25, 0.3) is 0 Å². The summed E-state index contributed by atoms with van der Waals surface area (Å²) in [4.78, 5) is 0. The number of halogens is 2. The molecule has 0 atom stereocenters. The van der Waals surface area contributed by atoms with E-state index in [4.69, 9.17) is 16.0 Å². The van der Waals surface area contributed by atoms with Crippen LogP contribution < -0.4 is 5.32 Å². The van der Waals surface area contributed by atoms with Crippen LogP contribution in [0.15, 0.2) is 21.0 Å². The Morgan fingerprint density at radius 2 is 2.12 bits per heavy atom. The Bertz CT molecular complexity index is 542. The molecule has 0 aliphatic carbocycles. The number of anilines is 1. The molecular weight excluding hydrogens is 305 g/mol. The van der Waals surface area contributed by atoms with E-state index in [1.165, 1.54) is 0 Å². The number of nitrogens with zero attached hydrogens (tertiary/aromatic N) is 2. The molecule has 0 aliphatic rings. The van der Waals surface area contributed by atoms with Crippen molar-refractivity contribution in [2.75, 3.05) is 5.32 Å². The Kier molecular flexibility index (Phi) is 3.69. The van der Waals surface area contributed by atoms with Gasteiger partial charge in [-0.25, -0.2) is 0 Å². The molecule has 2 rings (SSSR count). The lowest BCUT2D eigenvalue weighted by Crippen LogP contribution is -2.00. The van der Waals surface area contributed by atoms with Gasteiger partial charge in [0.1, 0.15) is 0 Å². The summed E-state index contributed by atoms with van der Waals surface area (Å²) < 4.78 is 6.22. The highest BCUT2D eigenvalue weighted by Gasteiger charge is 2.06. The Morgan fingerprint density at radius 1 is 1.35 bits per heavy atom. The molecule has 0 amide bonds. The molecule has 90 valence electrons. The summed E-state index contributed by atoms with van der Waals surface area (Å²) >= 11 is 9.53. The summed E-state index contributed by atoms with van der Waals surface area (Å²) in [6.07, 6.45) is 0. The number of hydrogen-bond acceptors (Lipinski definition) is 4. The molecule has 0 aliphatic heterocycles. The predicted octanol–water partition coefficient (Wildman–Crippen LogP) is 3.71. The Balaban J connectivity index is 2.11. The molecule has 2 aromatic rings. The molecule has 17 heavy (non-hydrogen) atoms. The van der Waals surface area contributed by atoms with Crippen LogP contribution in [0, 0.1) is 13.8 Å². The second-order valence-corrected chi connectivity index (χ2v) is 4.91. The quantitative estimate of drug-likeness (QED) is 0.937. The number of aromatic nitrogens is 2. The lowest BCUT2D eigenvalue weighted by Gasteiger charge is -2.08. The summed E-state index contributed by atoms with van der Waals surface area (Å²) in [6, 6.07) is 3.83. The standard InChI is InChI=1S/C11H11BrClN3O/c1-6-3-8(12)10(4-9(6)13)14-5-11-16-15-7(2)17-11/h3-4,14H,5H2,1-2H3. The van der Waals surface area contributed by atoms with Gasteiger partial charge in [-0.15, -0.1) is 10.2 Å². The maximum absolute atomic E-state index is 6.06. The summed E-state index contributed by atoms with van der Waals surface area (Å²) in [5, 5.41) is 11.6. The monoisotopic (exact) mass is 315 g/mol. The molecule has 4 nitrogen and oxygen atoms in total. The zero-order valence-electron chi connectivity index (χ0n) is 9.42. The van der Waals surface area contributed by atoms with E-state index in [1.807, 2.05) is 19.1 Å². The number of benzene rings is 1. The van der Waals surface area contributed by atoms with Gasteiger partial charge in [-0.05, 0) is 40.5 Å². The average Bonchev–Trinajstić information content (AvgIpc) is 2.68. The molecule has 0 radical (unpaired) electrons. The van der Waals surface area contributed by atoms with Gasteiger partial charge >= 0.3 is 0 Å². The summed E-state index contributed by atoms with van der Waals surface area (Å²) in [5.74, 6) is 1.11. The van der Waals surface area contributed by atoms with Crippen LogP contribution in [0.3, 0.4) is 0 Å². The van der Waals surface area contributed by atoms with Crippen LogP contribution in [0.5, 0.6) is 0 Å². The largest absolute Gasteiger partial charge is 0.424 e. The van der Waals surface area contributed by atoms with Gasteiger partial charge in [-0.1, -0.05) is 11.6 Å². The van der Waals surface area contributed by atoms with Crippen LogP contribution in [-0.4, -0.2) is 10.2 Å². The topological polar surface area (TPSA) is 51.0 Å². The van der Waals surface area contributed by atoms with Gasteiger partial charge < -0.3 is 9.73 Å². The third-order valence-corrected chi connectivity index (χ3v) is 3.31. The van der Waals surface area contributed by atoms with Gasteiger partial charge in [0.05, 0.1) is 12.2 Å². The average molecular weight is 317 g/mol. The maximum Gasteiger partial charge on any atom is 0.235 e. The molecule has 1 heterocycles. The minimum Gasteiger partial charge on any atom is -0.424 e. The van der Waals surface area contributed by atoms with E-state index in [0.717, 1.165) is 20.7 Å². The lowest BCUT2D eigenvalue weighted by atomic mass is 10.2. The molecule has 0 unspecified atom stereocenters. The minimum absolute atomic E-state index is 0.471. The molecule has 0 spiro atoms. The summed E-state index contributed by atoms with van der Waals surface area (Å²) in [6.45, 7) is 4.19. The van der Waals surface area contributed by atoms with Crippen molar-refractivity contribution >= 4 is 33.2 Å². The molecule has 0 fully saturated rings. The first-order valence-electron chi connectivity index (χ1n) is 5.05. The molecule has 1 aromatic heterocycles. The second kappa shape index (κ2) is 5.06. The summed E-state index contributed by atoms with van der Waals surface area (Å²) in [7, 11) is 0. The van der Waals surface area contributed by atoms with Crippen LogP contribution in [0.25, 0.3) is 0 Å². The van der Waals surface area contributed by atoms with E-state index < -0.39 is 0 Å². The zero-order chi connectivity index (χ0) is 12.4. The van der Waals surface area contributed by atoms with Crippen molar-refractivity contribution in [2.45, 2.75) is 20.4 Å². The van der Waals surface area contributed by atoms with Gasteiger partial charge in [-0.3, -0.25) is 0 Å². The van der Waals surface area contributed by atoms with Crippen molar-refractivity contribution in [1.29, 1.82) is 0 Å². The fraction of sp³-hybridized carbons (Fsp3) is 0.273. The SMILES string of the molecule is Cc1nnc(CNc2cc(Cl)c(C)cc2Br)o1. The molecule has 0 bridgehead atoms. The van der Waals surface area contributed by atoms with Gasteiger partial charge in [0.15, 0.2) is 0 Å². The van der Waals surface area contributed by atoms with E-state index in [1.54, 1.807) is 6.92 Å². The third kappa shape index (κ3) is 2.98. The number of rotatable bonds is 3. The fourth-order valence-electron chi connectivity index (χ4n) is 1.36. The van der Waals surface area contributed by atoms with E-state index in [9.17, 15) is 0 Å². The van der Waals surface area contributed by atoms with Crippen molar-refractivity contribution in [3.63, 3.8) is 0 Å². The van der Waals surface area contributed by atoms with Crippen molar-refractivity contribution in [1.82, 2.24) is 10.2 Å². The molecule has 1 N–H and O–H groups in total. The number of aryl methyl sites for hydroxylation is 2. The minimum atomic E-state index is 0.471. The van der Waals surface area contributed by atoms with Gasteiger partial charge in [0, 0.05) is 16.4 Å². The van der Waals surface area contributed by atoms with E-state index in [0.29, 0.717) is 18.3 Å². The number of hydrogen-bond donors (Lipinski definition) is 1. The first kappa shape index (κ1) is 12.4. The van der Waals surface area contributed by atoms with E-state index >= 15 is 0 Å². The Labute approximate surface area is 113 Å². The fourth-order valence-corrected chi connectivity index (χ4v) is 2.12. The van der Waals surface area contributed by atoms with E-state index in [2.05, 4.69) is 31.4 Å². The molecule has 6 heteroatoms. The highest BCUT2D eigenvalue weighted by Crippen LogP contribution is 2.29. The highest BCUT2D eigenvalue weighted by molar-refractivity contribution is 9.10. The third-order valence-electron chi connectivity index (χ3n) is 2.25. The molecule has 1 aromatic carbocycles. The first-order chi connectivity index (χ1) is 8.06. The zero-order valence-corrected chi connectivity index (χ0v) is 11.8. The molecule has 0 saturated heterocycles. The van der Waals surface area contributed by atoms with Crippen LogP contribution in [0.4, 0.5) is 5.69 Å². The van der Waals surface area contributed by atoms with Crippen molar-refractivity contribution < 1.29 is 4.42 Å².